The lowest BCUT2D eigenvalue weighted by atomic mass is 10.1. The lowest BCUT2D eigenvalue weighted by Crippen LogP contribution is -2.42. The van der Waals surface area contributed by atoms with E-state index in [1.54, 1.807) is 16.8 Å². The monoisotopic (exact) mass is 394 g/mol. The Balaban J connectivity index is 1.52. The third-order valence-electron chi connectivity index (χ3n) is 4.93. The minimum Gasteiger partial charge on any atom is -0.347 e. The van der Waals surface area contributed by atoms with Crippen LogP contribution >= 0.6 is 0 Å². The summed E-state index contributed by atoms with van der Waals surface area (Å²) in [4.78, 5) is 21.5. The highest BCUT2D eigenvalue weighted by Crippen LogP contribution is 2.19. The van der Waals surface area contributed by atoms with E-state index in [9.17, 15) is 9.18 Å². The van der Waals surface area contributed by atoms with E-state index >= 15 is 0 Å². The molecule has 7 nitrogen and oxygen atoms in total. The van der Waals surface area contributed by atoms with Crippen molar-refractivity contribution < 1.29 is 9.18 Å². The van der Waals surface area contributed by atoms with Crippen molar-refractivity contribution >= 4 is 23.6 Å². The molecule has 2 aromatic heterocycles. The van der Waals surface area contributed by atoms with E-state index in [1.807, 2.05) is 43.3 Å². The highest BCUT2D eigenvalue weighted by molar-refractivity contribution is 5.94. The maximum absolute atomic E-state index is 14.6. The summed E-state index contributed by atoms with van der Waals surface area (Å²) < 4.78 is 16.4. The number of carbonyl (C=O) groups excluding carboxylic acids is 1. The lowest BCUT2D eigenvalue weighted by Gasteiger charge is -2.26. The topological polar surface area (TPSA) is 74.0 Å². The average Bonchev–Trinajstić information content (AvgIpc) is 3.11. The van der Waals surface area contributed by atoms with Gasteiger partial charge in [0.05, 0.1) is 24.5 Å². The van der Waals surface area contributed by atoms with Crippen molar-refractivity contribution in [2.75, 3.05) is 18.1 Å². The van der Waals surface area contributed by atoms with Crippen molar-refractivity contribution in [3.05, 3.63) is 64.9 Å². The largest absolute Gasteiger partial charge is 0.347 e. The average molecular weight is 394 g/mol. The Morgan fingerprint density at radius 2 is 2.17 bits per heavy atom. The fourth-order valence-electron chi connectivity index (χ4n) is 3.39. The third-order valence-corrected chi connectivity index (χ3v) is 4.93. The lowest BCUT2D eigenvalue weighted by molar-refractivity contribution is 0.0943. The maximum Gasteiger partial charge on any atom is 0.270 e. The standard InChI is InChI=1S/C21H23FN6O/c1-3-18-20(27-12-14(2)4-7-19(27)26-18)21(29)24-11-15-5-6-16(10-17(15)22)28-9-8-23-13-25-28/h4-7,10,12-13H,3,8-9,11H2,1-2H3,(H,23,25)(H,24,29). The molecular formula is C21H23FN6O. The molecule has 4 rings (SSSR count). The number of benzene rings is 1. The number of hydrazine groups is 1. The number of pyridine rings is 1. The fraction of sp³-hybridized carbons (Fsp3) is 0.286. The van der Waals surface area contributed by atoms with Gasteiger partial charge in [-0.2, -0.15) is 0 Å². The zero-order valence-corrected chi connectivity index (χ0v) is 16.4. The van der Waals surface area contributed by atoms with Crippen LogP contribution in [0.5, 0.6) is 0 Å². The van der Waals surface area contributed by atoms with Crippen molar-refractivity contribution in [1.29, 1.82) is 0 Å². The number of anilines is 1. The van der Waals surface area contributed by atoms with E-state index in [4.69, 9.17) is 0 Å². The van der Waals surface area contributed by atoms with Gasteiger partial charge in [0.25, 0.3) is 5.91 Å². The van der Waals surface area contributed by atoms with Crippen molar-refractivity contribution in [1.82, 2.24) is 20.1 Å². The molecular weight excluding hydrogens is 371 g/mol. The van der Waals surface area contributed by atoms with Crippen LogP contribution in [0.1, 0.15) is 34.2 Å². The van der Waals surface area contributed by atoms with Crippen LogP contribution in [-0.4, -0.2) is 34.7 Å². The number of aliphatic imine (C=N–C) groups is 1. The maximum atomic E-state index is 14.6. The minimum atomic E-state index is -0.364. The predicted molar refractivity (Wildman–Crippen MR) is 111 cm³/mol. The first-order valence-corrected chi connectivity index (χ1v) is 9.63. The SMILES string of the molecule is CCc1nc2ccc(C)cn2c1C(=O)NCc1ccc(N2CCN=CN2)cc1F. The van der Waals surface area contributed by atoms with Gasteiger partial charge in [-0.15, -0.1) is 0 Å². The Labute approximate surface area is 168 Å². The molecule has 0 saturated carbocycles. The molecule has 0 unspecified atom stereocenters. The molecule has 0 saturated heterocycles. The Hall–Kier alpha value is -3.42. The predicted octanol–water partition coefficient (Wildman–Crippen LogP) is 2.63. The number of rotatable bonds is 5. The Morgan fingerprint density at radius 1 is 1.31 bits per heavy atom. The van der Waals surface area contributed by atoms with Crippen LogP contribution in [0.25, 0.3) is 5.65 Å². The van der Waals surface area contributed by atoms with Gasteiger partial charge in [0, 0.05) is 18.3 Å². The van der Waals surface area contributed by atoms with E-state index < -0.39 is 0 Å². The summed E-state index contributed by atoms with van der Waals surface area (Å²) >= 11 is 0. The number of nitrogens with zero attached hydrogens (tertiary/aromatic N) is 4. The van der Waals surface area contributed by atoms with Crippen LogP contribution in [0.3, 0.4) is 0 Å². The molecule has 0 radical (unpaired) electrons. The van der Waals surface area contributed by atoms with Crippen molar-refractivity contribution in [3.8, 4) is 0 Å². The smallest absolute Gasteiger partial charge is 0.270 e. The van der Waals surface area contributed by atoms with Gasteiger partial charge in [-0.3, -0.25) is 24.6 Å². The summed E-state index contributed by atoms with van der Waals surface area (Å²) in [5.74, 6) is -0.630. The molecule has 0 fully saturated rings. The van der Waals surface area contributed by atoms with Gasteiger partial charge in [0.15, 0.2) is 0 Å². The van der Waals surface area contributed by atoms with Gasteiger partial charge < -0.3 is 5.32 Å². The second-order valence-corrected chi connectivity index (χ2v) is 6.97. The second kappa shape index (κ2) is 7.90. The van der Waals surface area contributed by atoms with Crippen LogP contribution in [0.15, 0.2) is 41.5 Å². The molecule has 0 spiro atoms. The summed E-state index contributed by atoms with van der Waals surface area (Å²) in [6.07, 6.45) is 4.12. The summed E-state index contributed by atoms with van der Waals surface area (Å²) in [7, 11) is 0. The zero-order valence-electron chi connectivity index (χ0n) is 16.4. The number of halogens is 1. The van der Waals surface area contributed by atoms with E-state index in [0.29, 0.717) is 36.5 Å². The first-order valence-electron chi connectivity index (χ1n) is 9.63. The molecule has 150 valence electrons. The quantitative estimate of drug-likeness (QED) is 0.698. The zero-order chi connectivity index (χ0) is 20.4. The summed E-state index contributed by atoms with van der Waals surface area (Å²) in [5.41, 5.74) is 7.11. The van der Waals surface area contributed by atoms with Gasteiger partial charge in [0.1, 0.15) is 23.5 Å². The Morgan fingerprint density at radius 3 is 2.90 bits per heavy atom. The third kappa shape index (κ3) is 3.78. The molecule has 3 heterocycles. The first kappa shape index (κ1) is 18.9. The molecule has 0 aliphatic carbocycles. The van der Waals surface area contributed by atoms with E-state index in [1.165, 1.54) is 6.07 Å². The van der Waals surface area contributed by atoms with Crippen molar-refractivity contribution in [3.63, 3.8) is 0 Å². The van der Waals surface area contributed by atoms with Gasteiger partial charge in [-0.05, 0) is 37.1 Å². The molecule has 0 bridgehead atoms. The van der Waals surface area contributed by atoms with Gasteiger partial charge >= 0.3 is 0 Å². The molecule has 29 heavy (non-hydrogen) atoms. The van der Waals surface area contributed by atoms with E-state index in [0.717, 1.165) is 16.9 Å². The number of imidazole rings is 1. The molecule has 2 N–H and O–H groups in total. The van der Waals surface area contributed by atoms with Crippen LogP contribution in [-0.2, 0) is 13.0 Å². The van der Waals surface area contributed by atoms with E-state index in [-0.39, 0.29) is 18.3 Å². The highest BCUT2D eigenvalue weighted by Gasteiger charge is 2.19. The van der Waals surface area contributed by atoms with Crippen LogP contribution in [0.4, 0.5) is 10.1 Å². The Kier molecular flexibility index (Phi) is 5.16. The number of hydrogen-bond donors (Lipinski definition) is 2. The van der Waals surface area contributed by atoms with Gasteiger partial charge in [-0.1, -0.05) is 19.1 Å². The number of nitrogens with one attached hydrogen (secondary N) is 2. The first-order chi connectivity index (χ1) is 14.1. The number of aryl methyl sites for hydroxylation is 2. The van der Waals surface area contributed by atoms with Gasteiger partial charge in [-0.25, -0.2) is 9.37 Å². The van der Waals surface area contributed by atoms with Crippen LogP contribution < -0.4 is 15.8 Å². The fourth-order valence-corrected chi connectivity index (χ4v) is 3.39. The van der Waals surface area contributed by atoms with E-state index in [2.05, 4.69) is 20.7 Å². The second-order valence-electron chi connectivity index (χ2n) is 6.97. The number of hydrogen-bond acceptors (Lipinski definition) is 5. The molecule has 3 aromatic rings. The molecule has 1 aliphatic rings. The van der Waals surface area contributed by atoms with Crippen LogP contribution in [0.2, 0.25) is 0 Å². The normalized spacial score (nSPS) is 13.6. The summed E-state index contributed by atoms with van der Waals surface area (Å²) in [6, 6.07) is 8.83. The molecule has 1 amide bonds. The van der Waals surface area contributed by atoms with Gasteiger partial charge in [0.2, 0.25) is 0 Å². The molecule has 1 aliphatic heterocycles. The van der Waals surface area contributed by atoms with Crippen LogP contribution in [0, 0.1) is 12.7 Å². The minimum absolute atomic E-state index is 0.0992. The number of amides is 1. The Bertz CT molecular complexity index is 1090. The highest BCUT2D eigenvalue weighted by atomic mass is 19.1. The number of fused-ring (bicyclic) bond motifs is 1. The summed E-state index contributed by atoms with van der Waals surface area (Å²) in [5, 5.41) is 4.66. The number of aromatic nitrogens is 2. The van der Waals surface area contributed by atoms with Crippen molar-refractivity contribution in [2.24, 2.45) is 4.99 Å². The summed E-state index contributed by atoms with van der Waals surface area (Å²) in [6.45, 7) is 5.35. The molecule has 8 heteroatoms. The van der Waals surface area contributed by atoms with Crippen molar-refractivity contribution in [2.45, 2.75) is 26.8 Å². The molecule has 1 aromatic carbocycles. The molecule has 0 atom stereocenters. The number of carbonyl (C=O) groups is 1.